The van der Waals surface area contributed by atoms with Gasteiger partial charge in [0.05, 0.1) is 36.2 Å². The number of nitrogens with one attached hydrogen (secondary N) is 2. The second-order valence-corrected chi connectivity index (χ2v) is 13.5. The van der Waals surface area contributed by atoms with E-state index in [1.807, 2.05) is 49.4 Å². The third-order valence-corrected chi connectivity index (χ3v) is 9.94. The summed E-state index contributed by atoms with van der Waals surface area (Å²) >= 11 is 0. The minimum absolute atomic E-state index is 0.0286. The first-order valence-electron chi connectivity index (χ1n) is 14.8. The summed E-state index contributed by atoms with van der Waals surface area (Å²) in [6.45, 7) is 3.73. The van der Waals surface area contributed by atoms with Crippen molar-refractivity contribution in [3.8, 4) is 5.75 Å². The van der Waals surface area contributed by atoms with Gasteiger partial charge in [-0.05, 0) is 48.7 Å². The molecule has 0 fully saturated rings. The Morgan fingerprint density at radius 2 is 1.73 bits per heavy atom. The lowest BCUT2D eigenvalue weighted by Gasteiger charge is -2.33. The van der Waals surface area contributed by atoms with Crippen LogP contribution in [0.2, 0.25) is 0 Å². The highest BCUT2D eigenvalue weighted by atomic mass is 32.2. The molecule has 10 nitrogen and oxygen atoms in total. The second-order valence-electron chi connectivity index (χ2n) is 11.4. The van der Waals surface area contributed by atoms with E-state index in [2.05, 4.69) is 10.6 Å². The minimum Gasteiger partial charge on any atom is -0.488 e. The molecule has 0 aliphatic carbocycles. The van der Waals surface area contributed by atoms with E-state index < -0.39 is 28.2 Å². The van der Waals surface area contributed by atoms with E-state index in [4.69, 9.17) is 4.74 Å². The Bertz CT molecular complexity index is 1780. The summed E-state index contributed by atoms with van der Waals surface area (Å²) in [5.41, 5.74) is 1.65. The largest absolute Gasteiger partial charge is 0.488 e. The van der Waals surface area contributed by atoms with Crippen LogP contribution in [0.3, 0.4) is 0 Å². The van der Waals surface area contributed by atoms with Crippen molar-refractivity contribution in [2.24, 2.45) is 5.92 Å². The highest BCUT2D eigenvalue weighted by molar-refractivity contribution is 7.89. The van der Waals surface area contributed by atoms with Gasteiger partial charge in [0.2, 0.25) is 15.9 Å². The van der Waals surface area contributed by atoms with Crippen molar-refractivity contribution in [3.63, 3.8) is 0 Å². The zero-order valence-electron chi connectivity index (χ0n) is 25.5. The number of benzene rings is 4. The van der Waals surface area contributed by atoms with Crippen LogP contribution in [0.25, 0.3) is 10.8 Å². The zero-order chi connectivity index (χ0) is 32.1. The highest BCUT2D eigenvalue weighted by Gasteiger charge is 2.33. The number of aliphatic hydroxyl groups is 1. The number of hydrogen-bond donors (Lipinski definition) is 3. The zero-order valence-corrected chi connectivity index (χ0v) is 26.3. The maximum atomic E-state index is 13.6. The van der Waals surface area contributed by atoms with Crippen molar-refractivity contribution in [2.45, 2.75) is 37.3 Å². The summed E-state index contributed by atoms with van der Waals surface area (Å²) in [4.78, 5) is 28.4. The van der Waals surface area contributed by atoms with Gasteiger partial charge in [0.1, 0.15) is 11.9 Å². The van der Waals surface area contributed by atoms with Crippen LogP contribution in [-0.2, 0) is 21.2 Å². The molecule has 0 saturated heterocycles. The molecule has 3 N–H and O–H groups in total. The maximum Gasteiger partial charge on any atom is 0.323 e. The Kier molecular flexibility index (Phi) is 9.71. The summed E-state index contributed by atoms with van der Waals surface area (Å²) in [6, 6.07) is 25.7. The van der Waals surface area contributed by atoms with Crippen LogP contribution in [-0.4, -0.2) is 73.6 Å². The quantitative estimate of drug-likeness (QED) is 0.253. The molecular formula is C34H38N4O6S. The maximum absolute atomic E-state index is 13.6. The normalized spacial score (nSPS) is 17.9. The Morgan fingerprint density at radius 3 is 2.49 bits per heavy atom. The third kappa shape index (κ3) is 7.28. The Hall–Kier alpha value is -4.45. The summed E-state index contributed by atoms with van der Waals surface area (Å²) in [5.74, 6) is -0.0765. The number of anilines is 2. The molecule has 0 saturated carbocycles. The summed E-state index contributed by atoms with van der Waals surface area (Å²) in [7, 11) is -2.29. The Labute approximate surface area is 263 Å². The van der Waals surface area contributed by atoms with Gasteiger partial charge < -0.3 is 25.4 Å². The number of ether oxygens (including phenoxy) is 1. The van der Waals surface area contributed by atoms with Crippen LogP contribution in [0.1, 0.15) is 19.4 Å². The van der Waals surface area contributed by atoms with E-state index in [0.717, 1.165) is 10.8 Å². The van der Waals surface area contributed by atoms with Gasteiger partial charge in [0.15, 0.2) is 0 Å². The molecule has 3 atom stereocenters. The van der Waals surface area contributed by atoms with E-state index in [1.54, 1.807) is 60.4 Å². The fourth-order valence-electron chi connectivity index (χ4n) is 5.47. The first-order chi connectivity index (χ1) is 21.6. The SMILES string of the molecule is C[C@@H]1CN([C@H](C)CO)C(=O)Cc2cc(NC(=O)Nc3cccc4ccccc34)ccc2O[C@@H]1CN(C)S(=O)(=O)c1ccccc1. The van der Waals surface area contributed by atoms with Crippen LogP contribution in [0.15, 0.2) is 95.9 Å². The van der Waals surface area contributed by atoms with Crippen LogP contribution in [0.5, 0.6) is 5.75 Å². The van der Waals surface area contributed by atoms with E-state index in [9.17, 15) is 23.1 Å². The summed E-state index contributed by atoms with van der Waals surface area (Å²) in [5, 5.41) is 17.6. The number of carbonyl (C=O) groups excluding carboxylic acids is 2. The van der Waals surface area contributed by atoms with Crippen molar-refractivity contribution >= 4 is 44.1 Å². The number of nitrogens with zero attached hydrogens (tertiary/aromatic N) is 2. The van der Waals surface area contributed by atoms with Gasteiger partial charge in [0.25, 0.3) is 0 Å². The topological polar surface area (TPSA) is 128 Å². The predicted molar refractivity (Wildman–Crippen MR) is 175 cm³/mol. The molecule has 236 valence electrons. The molecule has 4 aromatic carbocycles. The standard InChI is InChI=1S/C34H38N4O6S/c1-23-20-38(24(2)22-39)33(40)19-26-18-27(35-34(41)36-30-15-9-11-25-10-7-8-14-29(25)30)16-17-31(26)44-32(23)21-37(3)45(42,43)28-12-5-4-6-13-28/h4-18,23-24,32,39H,19-22H2,1-3H3,(H2,35,36,41)/t23-,24-,32-/m1/s1. The van der Waals surface area contributed by atoms with Crippen molar-refractivity contribution in [3.05, 3.63) is 96.6 Å². The van der Waals surface area contributed by atoms with Crippen LogP contribution >= 0.6 is 0 Å². The van der Waals surface area contributed by atoms with Gasteiger partial charge >= 0.3 is 6.03 Å². The Morgan fingerprint density at radius 1 is 1.02 bits per heavy atom. The molecule has 11 heteroatoms. The fraction of sp³-hybridized carbons (Fsp3) is 0.294. The van der Waals surface area contributed by atoms with Gasteiger partial charge in [-0.3, -0.25) is 4.79 Å². The number of sulfonamides is 1. The molecule has 4 aromatic rings. The second kappa shape index (κ2) is 13.7. The van der Waals surface area contributed by atoms with Gasteiger partial charge in [-0.15, -0.1) is 0 Å². The lowest BCUT2D eigenvalue weighted by atomic mass is 10.0. The highest BCUT2D eigenvalue weighted by Crippen LogP contribution is 2.30. The van der Waals surface area contributed by atoms with Crippen LogP contribution in [0, 0.1) is 5.92 Å². The summed E-state index contributed by atoms with van der Waals surface area (Å²) < 4.78 is 34.4. The molecule has 0 unspecified atom stereocenters. The lowest BCUT2D eigenvalue weighted by Crippen LogP contribution is -2.48. The number of hydrogen-bond acceptors (Lipinski definition) is 6. The number of carbonyl (C=O) groups is 2. The number of fused-ring (bicyclic) bond motifs is 2. The fourth-order valence-corrected chi connectivity index (χ4v) is 6.67. The predicted octanol–water partition coefficient (Wildman–Crippen LogP) is 4.95. The molecule has 1 aliphatic heterocycles. The van der Waals surface area contributed by atoms with Gasteiger partial charge in [-0.25, -0.2) is 13.2 Å². The van der Waals surface area contributed by atoms with Gasteiger partial charge in [-0.1, -0.05) is 61.5 Å². The van der Waals surface area contributed by atoms with Gasteiger partial charge in [0, 0.05) is 36.1 Å². The lowest BCUT2D eigenvalue weighted by molar-refractivity contribution is -0.134. The number of aliphatic hydroxyl groups excluding tert-OH is 1. The molecule has 0 radical (unpaired) electrons. The van der Waals surface area contributed by atoms with E-state index in [1.165, 1.54) is 11.4 Å². The van der Waals surface area contributed by atoms with Gasteiger partial charge in [-0.2, -0.15) is 4.31 Å². The minimum atomic E-state index is -3.80. The average Bonchev–Trinajstić information content (AvgIpc) is 3.08. The van der Waals surface area contributed by atoms with E-state index in [-0.39, 0.29) is 42.8 Å². The molecule has 5 rings (SSSR count). The summed E-state index contributed by atoms with van der Waals surface area (Å²) in [6.07, 6.45) is -0.655. The van der Waals surface area contributed by atoms with Crippen LogP contribution < -0.4 is 15.4 Å². The van der Waals surface area contributed by atoms with Crippen molar-refractivity contribution < 1.29 is 27.9 Å². The van der Waals surface area contributed by atoms with Crippen molar-refractivity contribution in [2.75, 3.05) is 37.4 Å². The van der Waals surface area contributed by atoms with E-state index in [0.29, 0.717) is 22.7 Å². The molecular weight excluding hydrogens is 592 g/mol. The molecule has 45 heavy (non-hydrogen) atoms. The Balaban J connectivity index is 1.41. The molecule has 1 heterocycles. The molecule has 0 aromatic heterocycles. The number of urea groups is 1. The average molecular weight is 631 g/mol. The van der Waals surface area contributed by atoms with E-state index >= 15 is 0 Å². The number of amides is 3. The monoisotopic (exact) mass is 630 g/mol. The van der Waals surface area contributed by atoms with Crippen LogP contribution in [0.4, 0.5) is 16.2 Å². The number of likely N-dealkylation sites (N-methyl/N-ethyl adjacent to an activating group) is 1. The molecule has 0 spiro atoms. The smallest absolute Gasteiger partial charge is 0.323 e. The third-order valence-electron chi connectivity index (χ3n) is 8.10. The molecule has 0 bridgehead atoms. The van der Waals surface area contributed by atoms with Crippen molar-refractivity contribution in [1.29, 1.82) is 0 Å². The molecule has 1 aliphatic rings. The first kappa shape index (κ1) is 32.0. The molecule has 3 amide bonds. The number of rotatable bonds is 8. The first-order valence-corrected chi connectivity index (χ1v) is 16.3. The van der Waals surface area contributed by atoms with Crippen molar-refractivity contribution in [1.82, 2.24) is 9.21 Å².